The lowest BCUT2D eigenvalue weighted by Crippen LogP contribution is -2.18. The van der Waals surface area contributed by atoms with Gasteiger partial charge in [-0.25, -0.2) is 0 Å². The van der Waals surface area contributed by atoms with Crippen molar-refractivity contribution in [3.63, 3.8) is 0 Å². The number of nitrogens with zero attached hydrogens (tertiary/aromatic N) is 1. The van der Waals surface area contributed by atoms with Gasteiger partial charge in [0.25, 0.3) is 5.69 Å². The molecule has 5 heteroatoms. The van der Waals surface area contributed by atoms with Crippen molar-refractivity contribution in [1.82, 2.24) is 5.32 Å². The zero-order valence-electron chi connectivity index (χ0n) is 12.6. The summed E-state index contributed by atoms with van der Waals surface area (Å²) in [4.78, 5) is 10.6. The van der Waals surface area contributed by atoms with Crippen LogP contribution >= 0.6 is 0 Å². The van der Waals surface area contributed by atoms with Gasteiger partial charge in [0.05, 0.1) is 11.0 Å². The van der Waals surface area contributed by atoms with Gasteiger partial charge in [-0.15, -0.1) is 0 Å². The standard InChI is InChI=1S/C16H24N2O3/c1-2-17-12-13-11-14(18(19)20)9-10-16(13)21-15-7-5-3-4-6-8-15/h9-11,15,17H,2-8,12H2,1H3. The Balaban J connectivity index is 2.13. The topological polar surface area (TPSA) is 64.4 Å². The molecule has 0 atom stereocenters. The first-order valence-corrected chi connectivity index (χ1v) is 7.85. The van der Waals surface area contributed by atoms with Gasteiger partial charge in [0.15, 0.2) is 0 Å². The lowest BCUT2D eigenvalue weighted by Gasteiger charge is -2.19. The first-order chi connectivity index (χ1) is 10.2. The summed E-state index contributed by atoms with van der Waals surface area (Å²) >= 11 is 0. The van der Waals surface area contributed by atoms with Crippen molar-refractivity contribution in [2.24, 2.45) is 0 Å². The van der Waals surface area contributed by atoms with Crippen molar-refractivity contribution >= 4 is 5.69 Å². The molecule has 0 spiro atoms. The molecular formula is C16H24N2O3. The van der Waals surface area contributed by atoms with Gasteiger partial charge in [-0.05, 0) is 38.3 Å². The van der Waals surface area contributed by atoms with Gasteiger partial charge in [0.2, 0.25) is 0 Å². The number of ether oxygens (including phenoxy) is 1. The molecule has 0 bridgehead atoms. The quantitative estimate of drug-likeness (QED) is 0.492. The second-order valence-electron chi connectivity index (χ2n) is 5.56. The fraction of sp³-hybridized carbons (Fsp3) is 0.625. The van der Waals surface area contributed by atoms with Gasteiger partial charge in [0, 0.05) is 24.2 Å². The van der Waals surface area contributed by atoms with E-state index in [4.69, 9.17) is 4.74 Å². The third-order valence-corrected chi connectivity index (χ3v) is 3.92. The number of rotatable bonds is 6. The van der Waals surface area contributed by atoms with Crippen LogP contribution in [0.3, 0.4) is 0 Å². The Hall–Kier alpha value is -1.62. The largest absolute Gasteiger partial charge is 0.490 e. The summed E-state index contributed by atoms with van der Waals surface area (Å²) in [6.07, 6.45) is 7.39. The molecule has 0 aliphatic heterocycles. The summed E-state index contributed by atoms with van der Waals surface area (Å²) in [6.45, 7) is 3.44. The number of nitro groups is 1. The van der Waals surface area contributed by atoms with Gasteiger partial charge in [0.1, 0.15) is 5.75 Å². The van der Waals surface area contributed by atoms with Gasteiger partial charge in [-0.2, -0.15) is 0 Å². The third kappa shape index (κ3) is 4.70. The minimum atomic E-state index is -0.356. The van der Waals surface area contributed by atoms with Crippen molar-refractivity contribution in [3.05, 3.63) is 33.9 Å². The average molecular weight is 292 g/mol. The van der Waals surface area contributed by atoms with E-state index in [0.29, 0.717) is 6.54 Å². The second kappa shape index (κ2) is 7.98. The number of nitrogens with one attached hydrogen (secondary N) is 1. The lowest BCUT2D eigenvalue weighted by molar-refractivity contribution is -0.384. The smallest absolute Gasteiger partial charge is 0.270 e. The zero-order valence-corrected chi connectivity index (χ0v) is 12.6. The molecule has 116 valence electrons. The molecule has 1 fully saturated rings. The monoisotopic (exact) mass is 292 g/mol. The van der Waals surface area contributed by atoms with Crippen LogP contribution in [0.25, 0.3) is 0 Å². The van der Waals surface area contributed by atoms with E-state index in [1.807, 2.05) is 6.92 Å². The predicted octanol–water partition coefficient (Wildman–Crippen LogP) is 3.81. The minimum Gasteiger partial charge on any atom is -0.490 e. The molecule has 2 rings (SSSR count). The summed E-state index contributed by atoms with van der Waals surface area (Å²) in [5.74, 6) is 0.786. The van der Waals surface area contributed by atoms with Crippen LogP contribution in [-0.2, 0) is 6.54 Å². The summed E-state index contributed by atoms with van der Waals surface area (Å²) in [7, 11) is 0. The Bertz CT molecular complexity index is 469. The van der Waals surface area contributed by atoms with Crippen LogP contribution in [0.15, 0.2) is 18.2 Å². The first kappa shape index (κ1) is 15.8. The molecule has 5 nitrogen and oxygen atoms in total. The molecule has 0 heterocycles. The molecule has 1 saturated carbocycles. The Labute approximate surface area is 125 Å². The van der Waals surface area contributed by atoms with Crippen LogP contribution in [0.2, 0.25) is 0 Å². The SMILES string of the molecule is CCNCc1cc([N+](=O)[O-])ccc1OC1CCCCCC1. The Morgan fingerprint density at radius 2 is 2.00 bits per heavy atom. The van der Waals surface area contributed by atoms with E-state index in [-0.39, 0.29) is 16.7 Å². The molecule has 1 N–H and O–H groups in total. The summed E-state index contributed by atoms with van der Waals surface area (Å²) in [5.41, 5.74) is 0.992. The molecule has 0 saturated heterocycles. The maximum Gasteiger partial charge on any atom is 0.270 e. The van der Waals surface area contributed by atoms with Crippen molar-refractivity contribution in [2.45, 2.75) is 58.1 Å². The molecule has 1 aliphatic carbocycles. The lowest BCUT2D eigenvalue weighted by atomic mass is 10.1. The molecule has 1 aromatic rings. The average Bonchev–Trinajstić information content (AvgIpc) is 2.74. The van der Waals surface area contributed by atoms with Gasteiger partial charge >= 0.3 is 0 Å². The Kier molecular flexibility index (Phi) is 5.99. The fourth-order valence-electron chi connectivity index (χ4n) is 2.73. The van der Waals surface area contributed by atoms with E-state index in [1.165, 1.54) is 31.7 Å². The molecule has 0 amide bonds. The molecule has 21 heavy (non-hydrogen) atoms. The van der Waals surface area contributed by atoms with Gasteiger partial charge in [-0.3, -0.25) is 10.1 Å². The summed E-state index contributed by atoms with van der Waals surface area (Å²) in [6, 6.07) is 4.89. The van der Waals surface area contributed by atoms with Gasteiger partial charge < -0.3 is 10.1 Å². The van der Waals surface area contributed by atoms with E-state index < -0.39 is 0 Å². The molecular weight excluding hydrogens is 268 g/mol. The van der Waals surface area contributed by atoms with Crippen LogP contribution in [-0.4, -0.2) is 17.6 Å². The summed E-state index contributed by atoms with van der Waals surface area (Å²) < 4.78 is 6.14. The van der Waals surface area contributed by atoms with E-state index in [2.05, 4.69) is 5.32 Å². The number of hydrogen-bond donors (Lipinski definition) is 1. The highest BCUT2D eigenvalue weighted by Gasteiger charge is 2.17. The number of hydrogen-bond acceptors (Lipinski definition) is 4. The van der Waals surface area contributed by atoms with Crippen molar-refractivity contribution < 1.29 is 9.66 Å². The molecule has 1 aliphatic rings. The zero-order chi connectivity index (χ0) is 15.1. The first-order valence-electron chi connectivity index (χ1n) is 7.85. The number of nitro benzene ring substituents is 1. The van der Waals surface area contributed by atoms with Crippen LogP contribution in [0.1, 0.15) is 51.0 Å². The van der Waals surface area contributed by atoms with Crippen LogP contribution in [0, 0.1) is 10.1 Å². The third-order valence-electron chi connectivity index (χ3n) is 3.92. The number of non-ortho nitro benzene ring substituents is 1. The fourth-order valence-corrected chi connectivity index (χ4v) is 2.73. The van der Waals surface area contributed by atoms with Crippen molar-refractivity contribution in [2.75, 3.05) is 6.54 Å². The normalized spacial score (nSPS) is 16.4. The second-order valence-corrected chi connectivity index (χ2v) is 5.56. The van der Waals surface area contributed by atoms with Crippen LogP contribution < -0.4 is 10.1 Å². The van der Waals surface area contributed by atoms with Crippen molar-refractivity contribution in [1.29, 1.82) is 0 Å². The highest BCUT2D eigenvalue weighted by Crippen LogP contribution is 2.28. The highest BCUT2D eigenvalue weighted by atomic mass is 16.6. The Morgan fingerprint density at radius 3 is 2.62 bits per heavy atom. The molecule has 0 unspecified atom stereocenters. The predicted molar refractivity (Wildman–Crippen MR) is 82.6 cm³/mol. The van der Waals surface area contributed by atoms with Crippen LogP contribution in [0.4, 0.5) is 5.69 Å². The van der Waals surface area contributed by atoms with E-state index in [1.54, 1.807) is 12.1 Å². The van der Waals surface area contributed by atoms with E-state index in [0.717, 1.165) is 30.7 Å². The number of benzene rings is 1. The molecule has 0 aromatic heterocycles. The Morgan fingerprint density at radius 1 is 1.29 bits per heavy atom. The van der Waals surface area contributed by atoms with Crippen molar-refractivity contribution in [3.8, 4) is 5.75 Å². The van der Waals surface area contributed by atoms with Gasteiger partial charge in [-0.1, -0.05) is 19.8 Å². The molecule has 1 aromatic carbocycles. The maximum absolute atomic E-state index is 10.9. The highest BCUT2D eigenvalue weighted by molar-refractivity contribution is 5.44. The minimum absolute atomic E-state index is 0.121. The molecule has 0 radical (unpaired) electrons. The van der Waals surface area contributed by atoms with Crippen LogP contribution in [0.5, 0.6) is 5.75 Å². The van der Waals surface area contributed by atoms with E-state index >= 15 is 0 Å². The maximum atomic E-state index is 10.9. The van der Waals surface area contributed by atoms with E-state index in [9.17, 15) is 10.1 Å². The summed E-state index contributed by atoms with van der Waals surface area (Å²) in [5, 5.41) is 14.1.